The van der Waals surface area contributed by atoms with Crippen molar-refractivity contribution in [2.24, 2.45) is 0 Å². The predicted octanol–water partition coefficient (Wildman–Crippen LogP) is 15.4. The normalized spacial score (nSPS) is 11.6. The summed E-state index contributed by atoms with van der Waals surface area (Å²) in [5, 5.41) is 7.39. The van der Waals surface area contributed by atoms with E-state index in [0.29, 0.717) is 0 Å². The SMILES string of the molecule is Fc1ccc(N(c2ccc(-c3nc4ccccc4s3)cc2)c2ccc3c(ccc4cc(N(c5ccc(F)cc5)c5ccc6oc7ccccc7c6c5)ccc43)c2)cc1. The number of thiazole rings is 1. The highest BCUT2D eigenvalue weighted by Crippen LogP contribution is 2.42. The Morgan fingerprint density at radius 2 is 0.914 bits per heavy atom. The highest BCUT2D eigenvalue weighted by atomic mass is 32.1. The summed E-state index contributed by atoms with van der Waals surface area (Å²) in [4.78, 5) is 9.15. The zero-order chi connectivity index (χ0) is 38.7. The van der Waals surface area contributed by atoms with Gasteiger partial charge in [0, 0.05) is 50.5 Å². The van der Waals surface area contributed by atoms with Gasteiger partial charge in [-0.2, -0.15) is 0 Å². The molecule has 9 aromatic carbocycles. The van der Waals surface area contributed by atoms with Crippen LogP contribution in [0.15, 0.2) is 192 Å². The average Bonchev–Trinajstić information content (AvgIpc) is 3.87. The van der Waals surface area contributed by atoms with Gasteiger partial charge < -0.3 is 14.2 Å². The molecule has 7 heteroatoms. The molecule has 0 radical (unpaired) electrons. The Morgan fingerprint density at radius 1 is 0.414 bits per heavy atom. The highest BCUT2D eigenvalue weighted by molar-refractivity contribution is 7.21. The molecule has 0 aliphatic carbocycles. The van der Waals surface area contributed by atoms with Crippen molar-refractivity contribution in [2.45, 2.75) is 0 Å². The molecule has 0 saturated heterocycles. The maximum absolute atomic E-state index is 14.2. The van der Waals surface area contributed by atoms with Crippen LogP contribution in [0.2, 0.25) is 0 Å². The molecule has 0 saturated carbocycles. The number of fused-ring (bicyclic) bond motifs is 7. The molecular formula is C51H31F2N3OS. The molecule has 0 fully saturated rings. The van der Waals surface area contributed by atoms with Gasteiger partial charge in [0.2, 0.25) is 0 Å². The number of para-hydroxylation sites is 2. The van der Waals surface area contributed by atoms with Crippen LogP contribution in [0.1, 0.15) is 0 Å². The first-order valence-corrected chi connectivity index (χ1v) is 19.8. The van der Waals surface area contributed by atoms with E-state index in [0.717, 1.165) is 98.4 Å². The van der Waals surface area contributed by atoms with Crippen molar-refractivity contribution in [3.05, 3.63) is 200 Å². The summed E-state index contributed by atoms with van der Waals surface area (Å²) in [6, 6.07) is 61.2. The summed E-state index contributed by atoms with van der Waals surface area (Å²) in [5.74, 6) is -0.573. The first kappa shape index (κ1) is 33.9. The van der Waals surface area contributed by atoms with Crippen LogP contribution in [-0.2, 0) is 0 Å². The number of rotatable bonds is 7. The van der Waals surface area contributed by atoms with E-state index in [1.54, 1.807) is 23.5 Å². The molecule has 0 bridgehead atoms. The molecular weight excluding hydrogens is 741 g/mol. The molecule has 0 aliphatic rings. The Morgan fingerprint density at radius 3 is 1.55 bits per heavy atom. The van der Waals surface area contributed by atoms with Crippen LogP contribution in [0.3, 0.4) is 0 Å². The lowest BCUT2D eigenvalue weighted by atomic mass is 10.00. The van der Waals surface area contributed by atoms with Crippen LogP contribution in [0.4, 0.5) is 42.9 Å². The number of aromatic nitrogens is 1. The second-order valence-corrected chi connectivity index (χ2v) is 15.3. The fraction of sp³-hybridized carbons (Fsp3) is 0. The molecule has 0 N–H and O–H groups in total. The standard InChI is InChI=1S/C51H31F2N3OS/c52-35-13-19-38(20-14-35)55(37-17-11-32(12-18-37)51-54-47-6-2-4-8-50(47)58-51)40-23-26-43-33(29-40)9-10-34-30-41(24-27-44(34)43)56(39-21-15-36(53)16-22-39)42-25-28-49-46(31-42)45-5-1-3-7-48(45)57-49/h1-31H. The zero-order valence-electron chi connectivity index (χ0n) is 30.8. The minimum atomic E-state index is -0.288. The van der Waals surface area contributed by atoms with E-state index in [4.69, 9.17) is 9.40 Å². The number of hydrogen-bond donors (Lipinski definition) is 0. The van der Waals surface area contributed by atoms with Crippen LogP contribution < -0.4 is 9.80 Å². The number of anilines is 6. The van der Waals surface area contributed by atoms with E-state index in [-0.39, 0.29) is 11.6 Å². The smallest absolute Gasteiger partial charge is 0.135 e. The first-order chi connectivity index (χ1) is 28.5. The molecule has 2 heterocycles. The van der Waals surface area contributed by atoms with Crippen molar-refractivity contribution in [1.82, 2.24) is 4.98 Å². The topological polar surface area (TPSA) is 32.5 Å². The van der Waals surface area contributed by atoms with Crippen LogP contribution in [0.5, 0.6) is 0 Å². The lowest BCUT2D eigenvalue weighted by molar-refractivity contribution is 0.627. The number of furan rings is 1. The molecule has 0 aliphatic heterocycles. The van der Waals surface area contributed by atoms with Gasteiger partial charge in [-0.25, -0.2) is 13.8 Å². The zero-order valence-corrected chi connectivity index (χ0v) is 31.6. The third kappa shape index (κ3) is 5.92. The Balaban J connectivity index is 0.985. The molecule has 0 unspecified atom stereocenters. The third-order valence-corrected chi connectivity index (χ3v) is 11.9. The number of benzene rings is 9. The summed E-state index contributed by atoms with van der Waals surface area (Å²) in [7, 11) is 0. The fourth-order valence-corrected chi connectivity index (χ4v) is 8.97. The van der Waals surface area contributed by atoms with E-state index < -0.39 is 0 Å². The quantitative estimate of drug-likeness (QED) is 0.151. The molecule has 4 nitrogen and oxygen atoms in total. The van der Waals surface area contributed by atoms with E-state index in [1.165, 1.54) is 24.3 Å². The first-order valence-electron chi connectivity index (χ1n) is 19.0. The van der Waals surface area contributed by atoms with Gasteiger partial charge in [-0.3, -0.25) is 0 Å². The Bertz CT molecular complexity index is 3290. The molecule has 0 spiro atoms. The molecule has 0 amide bonds. The van der Waals surface area contributed by atoms with Crippen LogP contribution in [-0.4, -0.2) is 4.98 Å². The fourth-order valence-electron chi connectivity index (χ4n) is 8.00. The van der Waals surface area contributed by atoms with Crippen LogP contribution in [0, 0.1) is 11.6 Å². The summed E-state index contributed by atoms with van der Waals surface area (Å²) in [6.45, 7) is 0. The minimum absolute atomic E-state index is 0.284. The van der Waals surface area contributed by atoms with Crippen molar-refractivity contribution < 1.29 is 13.2 Å². The summed E-state index contributed by atoms with van der Waals surface area (Å²) < 4.78 is 35.7. The maximum Gasteiger partial charge on any atom is 0.135 e. The van der Waals surface area contributed by atoms with Gasteiger partial charge in [0.05, 0.1) is 10.2 Å². The minimum Gasteiger partial charge on any atom is -0.456 e. The third-order valence-electron chi connectivity index (χ3n) is 10.8. The lowest BCUT2D eigenvalue weighted by Gasteiger charge is -2.27. The highest BCUT2D eigenvalue weighted by Gasteiger charge is 2.18. The van der Waals surface area contributed by atoms with Crippen molar-refractivity contribution in [1.29, 1.82) is 0 Å². The van der Waals surface area contributed by atoms with Crippen molar-refractivity contribution in [3.8, 4) is 10.6 Å². The van der Waals surface area contributed by atoms with Gasteiger partial charge in [-0.15, -0.1) is 11.3 Å². The van der Waals surface area contributed by atoms with Gasteiger partial charge in [-0.1, -0.05) is 54.6 Å². The number of halogens is 2. The van der Waals surface area contributed by atoms with Gasteiger partial charge in [0.1, 0.15) is 27.8 Å². The van der Waals surface area contributed by atoms with Crippen molar-refractivity contribution >= 4 is 99.2 Å². The van der Waals surface area contributed by atoms with Crippen molar-refractivity contribution in [3.63, 3.8) is 0 Å². The molecule has 11 aromatic rings. The average molecular weight is 772 g/mol. The van der Waals surface area contributed by atoms with Crippen LogP contribution in [0.25, 0.3) is 64.3 Å². The predicted molar refractivity (Wildman–Crippen MR) is 237 cm³/mol. The van der Waals surface area contributed by atoms with E-state index in [1.807, 2.05) is 60.7 Å². The lowest BCUT2D eigenvalue weighted by Crippen LogP contribution is -2.10. The van der Waals surface area contributed by atoms with Crippen molar-refractivity contribution in [2.75, 3.05) is 9.80 Å². The van der Waals surface area contributed by atoms with Gasteiger partial charge in [0.25, 0.3) is 0 Å². The Hall–Kier alpha value is -7.35. The summed E-state index contributed by atoms with van der Waals surface area (Å²) >= 11 is 1.68. The Kier molecular flexibility index (Phi) is 8.01. The van der Waals surface area contributed by atoms with Gasteiger partial charge in [-0.05, 0) is 155 Å². The molecule has 11 rings (SSSR count). The molecule has 276 valence electrons. The number of hydrogen-bond acceptors (Lipinski definition) is 5. The molecule has 58 heavy (non-hydrogen) atoms. The summed E-state index contributed by atoms with van der Waals surface area (Å²) in [6.07, 6.45) is 0. The second-order valence-electron chi connectivity index (χ2n) is 14.3. The maximum atomic E-state index is 14.2. The van der Waals surface area contributed by atoms with Crippen LogP contribution >= 0.6 is 11.3 Å². The van der Waals surface area contributed by atoms with E-state index >= 15 is 0 Å². The Labute approximate surface area is 336 Å². The number of nitrogens with zero attached hydrogens (tertiary/aromatic N) is 3. The van der Waals surface area contributed by atoms with E-state index in [2.05, 4.69) is 101 Å². The van der Waals surface area contributed by atoms with Gasteiger partial charge >= 0.3 is 0 Å². The summed E-state index contributed by atoms with van der Waals surface area (Å²) in [5.41, 5.74) is 9.15. The molecule has 2 aromatic heterocycles. The largest absolute Gasteiger partial charge is 0.456 e. The van der Waals surface area contributed by atoms with Gasteiger partial charge in [0.15, 0.2) is 0 Å². The molecule has 0 atom stereocenters. The monoisotopic (exact) mass is 771 g/mol. The van der Waals surface area contributed by atoms with E-state index in [9.17, 15) is 8.78 Å². The second kappa shape index (κ2) is 13.7.